The number of rotatable bonds is 4. The summed E-state index contributed by atoms with van der Waals surface area (Å²) < 4.78 is 144. The smallest absolute Gasteiger partial charge is 0.217 e. The minimum atomic E-state index is -7.31. The first-order valence-electron chi connectivity index (χ1n) is 7.92. The lowest BCUT2D eigenvalue weighted by molar-refractivity contribution is -0.382. The van der Waals surface area contributed by atoms with E-state index in [0.29, 0.717) is 16.8 Å². The van der Waals surface area contributed by atoms with Gasteiger partial charge in [0.05, 0.1) is 4.90 Å². The van der Waals surface area contributed by atoms with Gasteiger partial charge in [0.1, 0.15) is 0 Å². The van der Waals surface area contributed by atoms with E-state index in [-0.39, 0.29) is 5.39 Å². The van der Waals surface area contributed by atoms with Gasteiger partial charge in [0, 0.05) is 5.39 Å². The second-order valence-electron chi connectivity index (χ2n) is 6.30. The van der Waals surface area contributed by atoms with E-state index in [2.05, 4.69) is 0 Å². The van der Waals surface area contributed by atoms with Crippen molar-refractivity contribution in [1.29, 1.82) is 0 Å². The fraction of sp³-hybridized carbons (Fsp3) is 0.222. The number of hydrogen-bond acceptors (Lipinski definition) is 2. The van der Waals surface area contributed by atoms with Crippen LogP contribution in [0.3, 0.4) is 0 Å². The monoisotopic (exact) mass is 460 g/mol. The van der Waals surface area contributed by atoms with Crippen molar-refractivity contribution in [1.82, 2.24) is 0 Å². The largest absolute Gasteiger partial charge is 0.460 e. The Labute approximate surface area is 162 Å². The molecule has 12 heteroatoms. The molecule has 0 spiro atoms. The van der Waals surface area contributed by atoms with Crippen molar-refractivity contribution in [3.63, 3.8) is 0 Å². The molecule has 2 nitrogen and oxygen atoms in total. The van der Waals surface area contributed by atoms with Gasteiger partial charge in [-0.25, -0.2) is 8.42 Å². The van der Waals surface area contributed by atoms with Gasteiger partial charge in [-0.05, 0) is 22.2 Å². The molecule has 3 aromatic carbocycles. The van der Waals surface area contributed by atoms with Crippen LogP contribution >= 0.6 is 0 Å². The molecular weight excluding hydrogens is 451 g/mol. The maximum Gasteiger partial charge on any atom is 0.460 e. The lowest BCUT2D eigenvalue weighted by atomic mass is 10.0. The number of benzene rings is 3. The van der Waals surface area contributed by atoms with E-state index in [1.165, 1.54) is 24.3 Å². The van der Waals surface area contributed by atoms with Gasteiger partial charge >= 0.3 is 23.3 Å². The highest BCUT2D eigenvalue weighted by atomic mass is 32.2. The predicted molar refractivity (Wildman–Crippen MR) is 89.5 cm³/mol. The Morgan fingerprint density at radius 3 is 1.73 bits per heavy atom. The molecule has 0 radical (unpaired) electrons. The first kappa shape index (κ1) is 22.2. The zero-order chi connectivity index (χ0) is 22.8. The van der Waals surface area contributed by atoms with Crippen LogP contribution in [-0.4, -0.2) is 31.7 Å². The van der Waals surface area contributed by atoms with Crippen molar-refractivity contribution in [2.24, 2.45) is 0 Å². The van der Waals surface area contributed by atoms with Gasteiger partial charge in [-0.2, -0.15) is 39.5 Å². The highest BCUT2D eigenvalue weighted by molar-refractivity contribution is 7.92. The summed E-state index contributed by atoms with van der Waals surface area (Å²) in [6.07, 6.45) is -7.12. The first-order chi connectivity index (χ1) is 13.6. The summed E-state index contributed by atoms with van der Waals surface area (Å²) in [7, 11) is -6.70. The molecule has 0 atom stereocenters. The molecule has 3 aromatic rings. The molecule has 0 amide bonds. The fourth-order valence-corrected chi connectivity index (χ4v) is 4.38. The SMILES string of the molecule is O=S(=O)(c1cccc2c1ccc1ccccc12)C(F)(F)C(F)(F)C(F)(F)C(F)(F)F. The van der Waals surface area contributed by atoms with Crippen LogP contribution in [0, 0.1) is 0 Å². The molecule has 0 unspecified atom stereocenters. The molecule has 0 saturated heterocycles. The lowest BCUT2D eigenvalue weighted by Crippen LogP contribution is -2.63. The minimum absolute atomic E-state index is 0.00382. The number of alkyl halides is 9. The summed E-state index contributed by atoms with van der Waals surface area (Å²) in [5, 5.41) is -6.49. The van der Waals surface area contributed by atoms with Gasteiger partial charge in [0.25, 0.3) is 9.84 Å². The van der Waals surface area contributed by atoms with Crippen molar-refractivity contribution in [3.05, 3.63) is 54.6 Å². The quantitative estimate of drug-likeness (QED) is 0.344. The number of sulfone groups is 1. The third kappa shape index (κ3) is 2.83. The highest BCUT2D eigenvalue weighted by Gasteiger charge is 2.85. The Bertz CT molecular complexity index is 1230. The molecular formula is C18H9F9O2S. The van der Waals surface area contributed by atoms with Crippen molar-refractivity contribution in [2.45, 2.75) is 28.2 Å². The van der Waals surface area contributed by atoms with Crippen LogP contribution < -0.4 is 0 Å². The molecule has 0 aliphatic rings. The molecule has 0 aromatic heterocycles. The minimum Gasteiger partial charge on any atom is -0.217 e. The lowest BCUT2D eigenvalue weighted by Gasteiger charge is -2.33. The van der Waals surface area contributed by atoms with Crippen LogP contribution in [0.25, 0.3) is 21.5 Å². The summed E-state index contributed by atoms with van der Waals surface area (Å²) in [6.45, 7) is 0. The highest BCUT2D eigenvalue weighted by Crippen LogP contribution is 2.56. The summed E-state index contributed by atoms with van der Waals surface area (Å²) in [4.78, 5) is -1.51. The molecule has 0 fully saturated rings. The molecule has 0 saturated carbocycles. The van der Waals surface area contributed by atoms with E-state index in [1.807, 2.05) is 0 Å². The second kappa shape index (κ2) is 6.50. The maximum absolute atomic E-state index is 14.2. The van der Waals surface area contributed by atoms with E-state index in [9.17, 15) is 47.9 Å². The predicted octanol–water partition coefficient (Wildman–Crippen LogP) is 6.19. The van der Waals surface area contributed by atoms with Gasteiger partial charge < -0.3 is 0 Å². The van der Waals surface area contributed by atoms with Crippen molar-refractivity contribution in [3.8, 4) is 0 Å². The van der Waals surface area contributed by atoms with E-state index < -0.39 is 43.4 Å². The van der Waals surface area contributed by atoms with Crippen LogP contribution in [0.4, 0.5) is 39.5 Å². The zero-order valence-corrected chi connectivity index (χ0v) is 15.1. The van der Waals surface area contributed by atoms with Gasteiger partial charge in [-0.3, -0.25) is 0 Å². The Morgan fingerprint density at radius 2 is 1.13 bits per heavy atom. The molecule has 162 valence electrons. The normalized spacial score (nSPS) is 14.4. The number of fused-ring (bicyclic) bond motifs is 3. The van der Waals surface area contributed by atoms with Crippen molar-refractivity contribution < 1.29 is 47.9 Å². The Morgan fingerprint density at radius 1 is 0.567 bits per heavy atom. The van der Waals surface area contributed by atoms with Crippen LogP contribution in [-0.2, 0) is 9.84 Å². The fourth-order valence-electron chi connectivity index (χ4n) is 2.91. The molecule has 0 bridgehead atoms. The van der Waals surface area contributed by atoms with E-state index >= 15 is 0 Å². The van der Waals surface area contributed by atoms with E-state index in [1.54, 1.807) is 12.1 Å². The Hall–Kier alpha value is -2.50. The average Bonchev–Trinajstić information content (AvgIpc) is 2.65. The molecule has 0 heterocycles. The topological polar surface area (TPSA) is 34.1 Å². The third-order valence-electron chi connectivity index (χ3n) is 4.49. The zero-order valence-electron chi connectivity index (χ0n) is 14.3. The third-order valence-corrected chi connectivity index (χ3v) is 6.36. The van der Waals surface area contributed by atoms with E-state index in [4.69, 9.17) is 0 Å². The molecule has 0 aliphatic carbocycles. The van der Waals surface area contributed by atoms with Crippen LogP contribution in [0.1, 0.15) is 0 Å². The molecule has 0 aliphatic heterocycles. The molecule has 0 N–H and O–H groups in total. The summed E-state index contributed by atoms with van der Waals surface area (Å²) >= 11 is 0. The van der Waals surface area contributed by atoms with Crippen LogP contribution in [0.5, 0.6) is 0 Å². The summed E-state index contributed by atoms with van der Waals surface area (Å²) in [6, 6.07) is 11.0. The Kier molecular flexibility index (Phi) is 4.81. The second-order valence-corrected chi connectivity index (χ2v) is 8.26. The van der Waals surface area contributed by atoms with Crippen LogP contribution in [0.2, 0.25) is 0 Å². The van der Waals surface area contributed by atoms with Gasteiger partial charge in [-0.1, -0.05) is 48.5 Å². The first-order valence-corrected chi connectivity index (χ1v) is 9.41. The van der Waals surface area contributed by atoms with Gasteiger partial charge in [0.2, 0.25) is 0 Å². The Balaban J connectivity index is 2.29. The van der Waals surface area contributed by atoms with Gasteiger partial charge in [0.15, 0.2) is 0 Å². The van der Waals surface area contributed by atoms with E-state index in [0.717, 1.165) is 12.1 Å². The summed E-state index contributed by atoms with van der Waals surface area (Å²) in [5.41, 5.74) is 0. The number of halogens is 9. The van der Waals surface area contributed by atoms with Gasteiger partial charge in [-0.15, -0.1) is 0 Å². The molecule has 3 rings (SSSR count). The van der Waals surface area contributed by atoms with Crippen molar-refractivity contribution >= 4 is 31.4 Å². The molecule has 30 heavy (non-hydrogen) atoms. The van der Waals surface area contributed by atoms with Crippen molar-refractivity contribution in [2.75, 3.05) is 0 Å². The maximum atomic E-state index is 14.2. The number of hydrogen-bond donors (Lipinski definition) is 0. The summed E-state index contributed by atoms with van der Waals surface area (Å²) in [5.74, 6) is -14.6. The average molecular weight is 460 g/mol. The standard InChI is InChI=1S/C18H9F9O2S/c19-15(20,17(23,24)25)16(21,22)18(26,27)30(28,29)14-7-3-6-12-11-5-2-1-4-10(11)8-9-13(12)14/h1-9H. The van der Waals surface area contributed by atoms with Crippen LogP contribution in [0.15, 0.2) is 59.5 Å².